The Hall–Kier alpha value is -2.73. The molecular formula is C27H34FN3O2. The van der Waals surface area contributed by atoms with Crippen molar-refractivity contribution in [1.29, 1.82) is 0 Å². The zero-order valence-electron chi connectivity index (χ0n) is 19.6. The fraction of sp³-hybridized carbons (Fsp3) is 0.481. The monoisotopic (exact) mass is 451 g/mol. The van der Waals surface area contributed by atoms with Crippen molar-refractivity contribution in [2.75, 3.05) is 31.5 Å². The summed E-state index contributed by atoms with van der Waals surface area (Å²) in [5.74, 6) is 0.425. The third kappa shape index (κ3) is 5.61. The van der Waals surface area contributed by atoms with E-state index in [0.29, 0.717) is 43.6 Å². The fourth-order valence-electron chi connectivity index (χ4n) is 5.10. The van der Waals surface area contributed by atoms with Crippen LogP contribution in [-0.4, -0.2) is 53.8 Å². The average Bonchev–Trinajstić information content (AvgIpc) is 3.34. The Labute approximate surface area is 196 Å². The third-order valence-electron chi connectivity index (χ3n) is 7.05. The molecule has 0 spiro atoms. The molecule has 1 saturated carbocycles. The molecule has 1 heterocycles. The molecule has 176 valence electrons. The van der Waals surface area contributed by atoms with E-state index in [4.69, 9.17) is 0 Å². The largest absolute Gasteiger partial charge is 0.336 e. The summed E-state index contributed by atoms with van der Waals surface area (Å²) in [6.45, 7) is 6.77. The van der Waals surface area contributed by atoms with Gasteiger partial charge in [-0.25, -0.2) is 4.39 Å². The number of carbonyl (C=O) groups excluding carboxylic acids is 2. The van der Waals surface area contributed by atoms with Crippen molar-refractivity contribution in [3.05, 3.63) is 65.5 Å². The molecule has 2 amide bonds. The number of nitrogens with zero attached hydrogens (tertiary/aromatic N) is 2. The van der Waals surface area contributed by atoms with Gasteiger partial charge in [-0.3, -0.25) is 14.5 Å². The molecule has 0 unspecified atom stereocenters. The zero-order valence-corrected chi connectivity index (χ0v) is 19.6. The van der Waals surface area contributed by atoms with E-state index in [1.54, 1.807) is 4.90 Å². The van der Waals surface area contributed by atoms with Gasteiger partial charge in [0.15, 0.2) is 0 Å². The summed E-state index contributed by atoms with van der Waals surface area (Å²) in [4.78, 5) is 30.3. The molecule has 1 aliphatic heterocycles. The number of hydrogen-bond donors (Lipinski definition) is 1. The molecule has 2 aromatic carbocycles. The zero-order chi connectivity index (χ0) is 23.4. The van der Waals surface area contributed by atoms with Crippen molar-refractivity contribution in [3.8, 4) is 0 Å². The lowest BCUT2D eigenvalue weighted by atomic mass is 9.94. The van der Waals surface area contributed by atoms with Crippen LogP contribution in [0.1, 0.15) is 61.4 Å². The Bertz CT molecular complexity index is 944. The average molecular weight is 452 g/mol. The van der Waals surface area contributed by atoms with E-state index in [1.807, 2.05) is 12.1 Å². The number of anilines is 1. The van der Waals surface area contributed by atoms with Gasteiger partial charge in [0.05, 0.1) is 6.04 Å². The first-order valence-electron chi connectivity index (χ1n) is 12.1. The number of piperazine rings is 1. The molecule has 2 aromatic rings. The van der Waals surface area contributed by atoms with Crippen LogP contribution < -0.4 is 5.32 Å². The molecule has 1 saturated heterocycles. The summed E-state index contributed by atoms with van der Waals surface area (Å²) in [5, 5.41) is 3.15. The van der Waals surface area contributed by atoms with Gasteiger partial charge in [0, 0.05) is 37.4 Å². The van der Waals surface area contributed by atoms with Crippen LogP contribution >= 0.6 is 0 Å². The van der Waals surface area contributed by atoms with Crippen molar-refractivity contribution in [3.63, 3.8) is 0 Å². The normalized spacial score (nSPS) is 18.5. The van der Waals surface area contributed by atoms with Crippen LogP contribution in [-0.2, 0) is 4.79 Å². The highest BCUT2D eigenvalue weighted by Crippen LogP contribution is 2.32. The lowest BCUT2D eigenvalue weighted by molar-refractivity contribution is -0.123. The molecule has 1 aliphatic carbocycles. The summed E-state index contributed by atoms with van der Waals surface area (Å²) < 4.78 is 13.2. The van der Waals surface area contributed by atoms with E-state index in [1.165, 1.54) is 42.7 Å². The van der Waals surface area contributed by atoms with Gasteiger partial charge in [-0.05, 0) is 66.6 Å². The first kappa shape index (κ1) is 23.4. The van der Waals surface area contributed by atoms with Crippen LogP contribution in [0.2, 0.25) is 0 Å². The summed E-state index contributed by atoms with van der Waals surface area (Å²) in [7, 11) is 0. The van der Waals surface area contributed by atoms with Gasteiger partial charge in [-0.15, -0.1) is 0 Å². The Balaban J connectivity index is 1.41. The lowest BCUT2D eigenvalue weighted by Gasteiger charge is -2.40. The highest BCUT2D eigenvalue weighted by Gasteiger charge is 2.37. The van der Waals surface area contributed by atoms with Gasteiger partial charge in [0.25, 0.3) is 5.91 Å². The van der Waals surface area contributed by atoms with Crippen molar-refractivity contribution < 1.29 is 14.0 Å². The van der Waals surface area contributed by atoms with Crippen molar-refractivity contribution in [2.45, 2.75) is 51.5 Å². The van der Waals surface area contributed by atoms with E-state index < -0.39 is 0 Å². The van der Waals surface area contributed by atoms with Crippen LogP contribution in [0.5, 0.6) is 0 Å². The summed E-state index contributed by atoms with van der Waals surface area (Å²) in [6.07, 6.45) is 4.47. The molecular weight excluding hydrogens is 417 g/mol. The number of rotatable bonds is 6. The first-order chi connectivity index (χ1) is 15.9. The Morgan fingerprint density at radius 3 is 2.09 bits per heavy atom. The van der Waals surface area contributed by atoms with Crippen molar-refractivity contribution >= 4 is 17.5 Å². The smallest absolute Gasteiger partial charge is 0.253 e. The Kier molecular flexibility index (Phi) is 7.43. The second-order valence-electron chi connectivity index (χ2n) is 9.59. The van der Waals surface area contributed by atoms with Crippen LogP contribution in [0.3, 0.4) is 0 Å². The Morgan fingerprint density at radius 1 is 0.909 bits per heavy atom. The third-order valence-corrected chi connectivity index (χ3v) is 7.05. The van der Waals surface area contributed by atoms with Gasteiger partial charge in [-0.1, -0.05) is 38.8 Å². The van der Waals surface area contributed by atoms with Gasteiger partial charge in [0.1, 0.15) is 5.82 Å². The molecule has 0 bridgehead atoms. The van der Waals surface area contributed by atoms with Crippen molar-refractivity contribution in [1.82, 2.24) is 9.80 Å². The van der Waals surface area contributed by atoms with Crippen LogP contribution in [0, 0.1) is 11.7 Å². The topological polar surface area (TPSA) is 52.7 Å². The number of benzene rings is 2. The van der Waals surface area contributed by atoms with E-state index in [-0.39, 0.29) is 23.7 Å². The second-order valence-corrected chi connectivity index (χ2v) is 9.59. The highest BCUT2D eigenvalue weighted by molar-refractivity contribution is 5.95. The van der Waals surface area contributed by atoms with Gasteiger partial charge < -0.3 is 10.2 Å². The number of carbonyl (C=O) groups is 2. The number of hydrogen-bond acceptors (Lipinski definition) is 3. The predicted molar refractivity (Wildman–Crippen MR) is 129 cm³/mol. The van der Waals surface area contributed by atoms with E-state index >= 15 is 0 Å². The first-order valence-corrected chi connectivity index (χ1v) is 12.1. The second kappa shape index (κ2) is 10.5. The number of amides is 2. The summed E-state index contributed by atoms with van der Waals surface area (Å²) in [5.41, 5.74) is 2.58. The summed E-state index contributed by atoms with van der Waals surface area (Å²) >= 11 is 0. The van der Waals surface area contributed by atoms with E-state index in [9.17, 15) is 14.0 Å². The SMILES string of the molecule is CC(C)c1ccc(NC(=O)[C@@H](C2CCCC2)N2CCN(C(=O)c3ccc(F)cc3)CC2)cc1. The quantitative estimate of drug-likeness (QED) is 0.679. The van der Waals surface area contributed by atoms with Gasteiger partial charge in [0.2, 0.25) is 5.91 Å². The minimum Gasteiger partial charge on any atom is -0.336 e. The minimum absolute atomic E-state index is 0.0532. The van der Waals surface area contributed by atoms with E-state index in [0.717, 1.165) is 18.5 Å². The molecule has 2 fully saturated rings. The van der Waals surface area contributed by atoms with E-state index in [2.05, 4.69) is 36.2 Å². The van der Waals surface area contributed by atoms with Gasteiger partial charge in [-0.2, -0.15) is 0 Å². The maximum Gasteiger partial charge on any atom is 0.253 e. The molecule has 6 heteroatoms. The van der Waals surface area contributed by atoms with Crippen LogP contribution in [0.4, 0.5) is 10.1 Å². The molecule has 1 atom stereocenters. The van der Waals surface area contributed by atoms with Crippen LogP contribution in [0.25, 0.3) is 0 Å². The number of halogens is 1. The molecule has 33 heavy (non-hydrogen) atoms. The standard InChI is InChI=1S/C27H34FN3O2/c1-19(2)20-9-13-24(14-10-20)29-26(32)25(21-5-3-4-6-21)30-15-17-31(18-16-30)27(33)22-7-11-23(28)12-8-22/h7-14,19,21,25H,3-6,15-18H2,1-2H3,(H,29,32)/t25-/m1/s1. The molecule has 0 radical (unpaired) electrons. The molecule has 2 aliphatic rings. The molecule has 5 nitrogen and oxygen atoms in total. The van der Waals surface area contributed by atoms with Gasteiger partial charge >= 0.3 is 0 Å². The molecule has 4 rings (SSSR count). The van der Waals surface area contributed by atoms with Crippen LogP contribution in [0.15, 0.2) is 48.5 Å². The summed E-state index contributed by atoms with van der Waals surface area (Å²) in [6, 6.07) is 13.6. The predicted octanol–water partition coefficient (Wildman–Crippen LogP) is 4.90. The van der Waals surface area contributed by atoms with Crippen molar-refractivity contribution in [2.24, 2.45) is 5.92 Å². The Morgan fingerprint density at radius 2 is 1.52 bits per heavy atom. The molecule has 0 aromatic heterocycles. The maximum absolute atomic E-state index is 13.4. The minimum atomic E-state index is -0.347. The maximum atomic E-state index is 13.4. The number of nitrogens with one attached hydrogen (secondary N) is 1. The highest BCUT2D eigenvalue weighted by atomic mass is 19.1. The molecule has 1 N–H and O–H groups in total. The fourth-order valence-corrected chi connectivity index (χ4v) is 5.10. The lowest BCUT2D eigenvalue weighted by Crippen LogP contribution is -2.56.